The van der Waals surface area contributed by atoms with Crippen molar-refractivity contribution < 1.29 is 110 Å². The molecule has 0 amide bonds. The molecular weight excluding hydrogens is 1810 g/mol. The summed E-state index contributed by atoms with van der Waals surface area (Å²) in [6, 6.07) is 2.10. The number of ether oxygens (including phenoxy) is 11. The molecule has 810 valence electrons. The van der Waals surface area contributed by atoms with E-state index in [-0.39, 0.29) is 120 Å². The van der Waals surface area contributed by atoms with Crippen LogP contribution < -0.4 is 0 Å². The lowest BCUT2D eigenvalue weighted by atomic mass is 9.46. The van der Waals surface area contributed by atoms with E-state index >= 15 is 0 Å². The third-order valence-electron chi connectivity index (χ3n) is 41.6. The highest BCUT2D eigenvalue weighted by molar-refractivity contribution is 6.03. The zero-order valence-electron chi connectivity index (χ0n) is 93.9. The maximum atomic E-state index is 13.2. The Hall–Kier alpha value is -6.38. The summed E-state index contributed by atoms with van der Waals surface area (Å²) in [6.07, 6.45) is 42.9. The first-order chi connectivity index (χ1) is 66.5. The Labute approximate surface area is 859 Å². The second kappa shape index (κ2) is 42.8. The Morgan fingerprint density at radius 1 is 0.357 bits per heavy atom. The number of hydrogen-bond donors (Lipinski definition) is 1. The number of carbonyl (C=O) groups is 11. The minimum atomic E-state index is -1.19. The normalized spacial score (nSPS) is 35.0. The number of nitriles is 1. The van der Waals surface area contributed by atoms with Crippen molar-refractivity contribution >= 4 is 65.7 Å². The van der Waals surface area contributed by atoms with Gasteiger partial charge in [0.2, 0.25) is 0 Å². The Morgan fingerprint density at radius 2 is 0.671 bits per heavy atom. The van der Waals surface area contributed by atoms with Crippen molar-refractivity contribution in [1.82, 2.24) is 0 Å². The van der Waals surface area contributed by atoms with Crippen molar-refractivity contribution in [3.8, 4) is 6.07 Å². The molecule has 12 atom stereocenters. The van der Waals surface area contributed by atoms with Crippen LogP contribution in [0.4, 0.5) is 0 Å². The fraction of sp³-hybridized carbons (Fsp3) is 0.899. The first kappa shape index (κ1) is 115. The molecule has 2 aliphatic heterocycles. The van der Waals surface area contributed by atoms with Crippen molar-refractivity contribution in [2.24, 2.45) is 131 Å². The van der Waals surface area contributed by atoms with E-state index in [4.69, 9.17) is 52.1 Å². The minimum absolute atomic E-state index is 0.00857. The maximum absolute atomic E-state index is 13.2. The molecule has 19 aliphatic carbocycles. The van der Waals surface area contributed by atoms with Crippen LogP contribution in [0.1, 0.15) is 476 Å². The summed E-state index contributed by atoms with van der Waals surface area (Å²) < 4.78 is 63.0. The van der Waals surface area contributed by atoms with Gasteiger partial charge in [-0.05, 0) is 448 Å². The number of carbonyl (C=O) groups excluding carboxylic acids is 11. The maximum Gasteiger partial charge on any atom is 0.344 e. The lowest BCUT2D eigenvalue weighted by Crippen LogP contribution is -2.61. The quantitative estimate of drug-likeness (QED) is 0.0396. The number of nitrogens with zero attached hydrogens (tertiary/aromatic N) is 1. The fourth-order valence-corrected chi connectivity index (χ4v) is 29.4. The van der Waals surface area contributed by atoms with Crippen molar-refractivity contribution in [1.29, 1.82) is 5.26 Å². The van der Waals surface area contributed by atoms with Crippen LogP contribution in [0.5, 0.6) is 0 Å². The fourth-order valence-electron chi connectivity index (χ4n) is 29.4. The number of fused-ring (bicyclic) bond motifs is 2. The molecule has 0 aromatic rings. The zero-order valence-corrected chi connectivity index (χ0v) is 93.9. The van der Waals surface area contributed by atoms with Crippen molar-refractivity contribution in [2.75, 3.05) is 6.61 Å². The van der Waals surface area contributed by atoms with Gasteiger partial charge in [-0.1, -0.05) is 69.2 Å². The summed E-state index contributed by atoms with van der Waals surface area (Å²) in [4.78, 5) is 136. The van der Waals surface area contributed by atoms with E-state index in [2.05, 4.69) is 61.5 Å². The van der Waals surface area contributed by atoms with Gasteiger partial charge in [-0.15, -0.1) is 0 Å². The van der Waals surface area contributed by atoms with Crippen LogP contribution in [0, 0.1) is 142 Å². The largest absolute Gasteiger partial charge is 0.459 e. The predicted octanol–water partition coefficient (Wildman–Crippen LogP) is 25.3. The highest BCUT2D eigenvalue weighted by atomic mass is 16.6. The summed E-state index contributed by atoms with van der Waals surface area (Å²) in [5, 5.41) is 20.0. The highest BCUT2D eigenvalue weighted by Crippen LogP contribution is 2.69. The average molecular weight is 2000 g/mol. The average Bonchev–Trinajstić information content (AvgIpc) is 1.52. The molecule has 24 heteroatoms. The van der Waals surface area contributed by atoms with Gasteiger partial charge in [-0.3, -0.25) is 47.9 Å². The third kappa shape index (κ3) is 23.6. The number of rotatable bonds is 30. The topological polar surface area (TPSA) is 333 Å². The molecule has 0 radical (unpaired) electrons. The molecule has 143 heavy (non-hydrogen) atoms. The Morgan fingerprint density at radius 3 is 1.03 bits per heavy atom. The van der Waals surface area contributed by atoms with E-state index < -0.39 is 99.1 Å². The smallest absolute Gasteiger partial charge is 0.344 e. The number of aliphatic hydroxyl groups is 1. The molecule has 2 saturated heterocycles. The van der Waals surface area contributed by atoms with E-state index in [9.17, 15) is 63.1 Å². The number of esters is 11. The Bertz CT molecular complexity index is 4390. The van der Waals surface area contributed by atoms with Gasteiger partial charge in [0.15, 0.2) is 17.4 Å². The lowest BCUT2D eigenvalue weighted by Gasteiger charge is -2.61. The standard InChI is InChI=1S/C22H32O6.2C19H32O2.C17H21NO6.C16H26O3.2C13H24O2/c1-5-20(3,4)17(23)26-15-13-11-14-16(15)27-18(24)22(14,12-13)19(25)28-21(6-2)9-7-8-10-21;2*1-6-17(2,3)16(20)21-18(4,5)19-10-13-7-14(11-19)9-15(8-13)12-19;1-4-16(2,3)14(20)22-7-11(19)23-12-9-5-10-13(12)24-15(21)17(10,6-9)8-18;1-4-14(2,3)13(17)19-16-8-11-5-12(9-16)7-15(18,6-11)10-16;2*1-5-12(3,4)11(14)15-13(6-2)9-7-8-10-13/h13-16H,5-12H2,1-4H3;2*13-15H,6-12H2,1-5H3;9-10,12-13H,4-7H2,1-3H3;11-12,18H,4-10H2,1-3H3;2*5-10H2,1-4H3. The number of hydrogen-bond acceptors (Lipinski definition) is 24. The second-order valence-corrected chi connectivity index (χ2v) is 54.8. The van der Waals surface area contributed by atoms with Gasteiger partial charge in [0.1, 0.15) is 58.0 Å². The van der Waals surface area contributed by atoms with Gasteiger partial charge in [0.05, 0.1) is 49.6 Å². The summed E-state index contributed by atoms with van der Waals surface area (Å²) in [5.74, 6) is 3.07. The first-order valence-electron chi connectivity index (χ1n) is 57.0. The van der Waals surface area contributed by atoms with Gasteiger partial charge < -0.3 is 57.2 Å². The van der Waals surface area contributed by atoms with Gasteiger partial charge in [0, 0.05) is 40.9 Å². The predicted molar refractivity (Wildman–Crippen MR) is 545 cm³/mol. The van der Waals surface area contributed by atoms with E-state index in [0.29, 0.717) is 56.8 Å². The van der Waals surface area contributed by atoms with Crippen LogP contribution in [0.25, 0.3) is 0 Å². The Kier molecular flexibility index (Phi) is 34.5. The van der Waals surface area contributed by atoms with Gasteiger partial charge >= 0.3 is 65.7 Å². The molecule has 0 aromatic carbocycles. The zero-order chi connectivity index (χ0) is 106. The van der Waals surface area contributed by atoms with Gasteiger partial charge in [-0.2, -0.15) is 5.26 Å². The van der Waals surface area contributed by atoms with Gasteiger partial charge in [-0.25, -0.2) is 4.79 Å². The molecule has 12 unspecified atom stereocenters. The lowest BCUT2D eigenvalue weighted by molar-refractivity contribution is -0.225. The SMILES string of the molecule is CCC(C)(C)C(=O)OC(C)(C)C12CC3CC(CC(C3)C1)C2.CCC(C)(C)C(=O)OC(C)(C)C12CC3CC(CC(C3)C1)C2.CCC(C)(C)C(=O)OC12CC3CC(CC(O)(C3)C1)C2.CCC(C)(C)C(=O)OCC(=O)OC1C2CC3C1OC(=O)C3(C#N)C2.CCC1(OC(=O)C(C)(C)CC)CCCC1.CCC1(OC(=O)C(C)(C)CC)CCCC1.CCC1(OC(=O)C23CC4CC2C(OC3=O)C4OC(=O)C(C)(C)CC)CCCC1. The molecular formula is C119H191NO23. The molecule has 19 saturated carbocycles. The molecule has 21 fully saturated rings. The molecule has 21 rings (SSSR count). The molecule has 1 N–H and O–H groups in total. The molecule has 24 nitrogen and oxygen atoms in total. The van der Waals surface area contributed by atoms with Crippen LogP contribution >= 0.6 is 0 Å². The summed E-state index contributed by atoms with van der Waals surface area (Å²) in [5.41, 5.74) is -7.00. The summed E-state index contributed by atoms with van der Waals surface area (Å²) >= 11 is 0. The van der Waals surface area contributed by atoms with Crippen LogP contribution in [-0.4, -0.2) is 141 Å². The van der Waals surface area contributed by atoms with E-state index in [1.807, 2.05) is 125 Å². The minimum Gasteiger partial charge on any atom is -0.459 e. The van der Waals surface area contributed by atoms with Crippen LogP contribution in [0.15, 0.2) is 0 Å². The van der Waals surface area contributed by atoms with E-state index in [0.717, 1.165) is 164 Å². The van der Waals surface area contributed by atoms with Gasteiger partial charge in [0.25, 0.3) is 0 Å². The molecule has 0 spiro atoms. The summed E-state index contributed by atoms with van der Waals surface area (Å²) in [7, 11) is 0. The van der Waals surface area contributed by atoms with E-state index in [1.54, 1.807) is 13.8 Å². The highest BCUT2D eigenvalue weighted by Gasteiger charge is 2.77. The van der Waals surface area contributed by atoms with E-state index in [1.165, 1.54) is 109 Å². The monoisotopic (exact) mass is 2000 g/mol. The van der Waals surface area contributed by atoms with Crippen LogP contribution in [-0.2, 0) is 105 Å². The summed E-state index contributed by atoms with van der Waals surface area (Å²) in [6.45, 7) is 55.6. The van der Waals surface area contributed by atoms with Crippen molar-refractivity contribution in [3.05, 3.63) is 0 Å². The molecule has 16 bridgehead atoms. The Balaban J connectivity index is 0.000000150. The molecule has 0 aromatic heterocycles. The van der Waals surface area contributed by atoms with Crippen molar-refractivity contribution in [3.63, 3.8) is 0 Å². The van der Waals surface area contributed by atoms with Crippen LogP contribution in [0.2, 0.25) is 0 Å². The molecule has 21 aliphatic rings. The van der Waals surface area contributed by atoms with Crippen LogP contribution in [0.3, 0.4) is 0 Å². The molecule has 2 heterocycles. The third-order valence-corrected chi connectivity index (χ3v) is 41.6. The second-order valence-electron chi connectivity index (χ2n) is 54.8. The van der Waals surface area contributed by atoms with Crippen molar-refractivity contribution in [2.45, 2.75) is 540 Å². The first-order valence-corrected chi connectivity index (χ1v) is 57.0.